The molecule has 19 heavy (non-hydrogen) atoms. The SMILES string of the molecule is CC(CCN(C)C)NC(=O)CCC(=O)OC(C)(C)C. The Labute approximate surface area is 116 Å². The Hall–Kier alpha value is -1.10. The quantitative estimate of drug-likeness (QED) is 0.715. The summed E-state index contributed by atoms with van der Waals surface area (Å²) in [4.78, 5) is 25.2. The van der Waals surface area contributed by atoms with Crippen LogP contribution in [-0.2, 0) is 14.3 Å². The summed E-state index contributed by atoms with van der Waals surface area (Å²) in [6.45, 7) is 8.33. The lowest BCUT2D eigenvalue weighted by atomic mass is 10.2. The van der Waals surface area contributed by atoms with E-state index in [2.05, 4.69) is 10.2 Å². The molecule has 112 valence electrons. The fraction of sp³-hybridized carbons (Fsp3) is 0.857. The molecule has 0 heterocycles. The predicted octanol–water partition coefficient (Wildman–Crippen LogP) is 1.56. The first-order valence-corrected chi connectivity index (χ1v) is 6.76. The van der Waals surface area contributed by atoms with Crippen molar-refractivity contribution in [3.8, 4) is 0 Å². The molecule has 1 N–H and O–H groups in total. The van der Waals surface area contributed by atoms with Crippen molar-refractivity contribution >= 4 is 11.9 Å². The van der Waals surface area contributed by atoms with E-state index in [1.165, 1.54) is 0 Å². The molecule has 0 radical (unpaired) electrons. The van der Waals surface area contributed by atoms with Crippen LogP contribution in [0, 0.1) is 0 Å². The number of nitrogens with one attached hydrogen (secondary N) is 1. The number of carbonyl (C=O) groups excluding carboxylic acids is 2. The lowest BCUT2D eigenvalue weighted by Crippen LogP contribution is -2.35. The lowest BCUT2D eigenvalue weighted by Gasteiger charge is -2.20. The summed E-state index contributed by atoms with van der Waals surface area (Å²) >= 11 is 0. The summed E-state index contributed by atoms with van der Waals surface area (Å²) in [5.74, 6) is -0.430. The van der Waals surface area contributed by atoms with Crippen LogP contribution in [0.5, 0.6) is 0 Å². The fourth-order valence-electron chi connectivity index (χ4n) is 1.48. The van der Waals surface area contributed by atoms with Crippen molar-refractivity contribution in [1.29, 1.82) is 0 Å². The van der Waals surface area contributed by atoms with Gasteiger partial charge in [0.25, 0.3) is 0 Å². The molecule has 0 saturated heterocycles. The summed E-state index contributed by atoms with van der Waals surface area (Å²) in [7, 11) is 3.99. The predicted molar refractivity (Wildman–Crippen MR) is 75.9 cm³/mol. The molecule has 0 bridgehead atoms. The highest BCUT2D eigenvalue weighted by Crippen LogP contribution is 2.09. The summed E-state index contributed by atoms with van der Waals surface area (Å²) in [6.07, 6.45) is 1.20. The van der Waals surface area contributed by atoms with E-state index >= 15 is 0 Å². The van der Waals surface area contributed by atoms with Crippen molar-refractivity contribution in [2.75, 3.05) is 20.6 Å². The number of carbonyl (C=O) groups is 2. The smallest absolute Gasteiger partial charge is 0.306 e. The molecule has 5 nitrogen and oxygen atoms in total. The van der Waals surface area contributed by atoms with Crippen LogP contribution < -0.4 is 5.32 Å². The zero-order valence-corrected chi connectivity index (χ0v) is 13.1. The first kappa shape index (κ1) is 17.9. The maximum absolute atomic E-state index is 11.6. The number of ether oxygens (including phenoxy) is 1. The van der Waals surface area contributed by atoms with E-state index in [1.54, 1.807) is 0 Å². The largest absolute Gasteiger partial charge is 0.460 e. The van der Waals surface area contributed by atoms with Crippen LogP contribution in [0.3, 0.4) is 0 Å². The van der Waals surface area contributed by atoms with E-state index in [0.29, 0.717) is 0 Å². The van der Waals surface area contributed by atoms with Crippen molar-refractivity contribution in [3.63, 3.8) is 0 Å². The molecular weight excluding hydrogens is 244 g/mol. The lowest BCUT2D eigenvalue weighted by molar-refractivity contribution is -0.155. The second kappa shape index (κ2) is 8.15. The van der Waals surface area contributed by atoms with Gasteiger partial charge in [0, 0.05) is 12.5 Å². The Balaban J connectivity index is 3.83. The molecule has 0 rings (SSSR count). The maximum atomic E-state index is 11.6. The molecular formula is C14H28N2O3. The normalized spacial score (nSPS) is 13.2. The van der Waals surface area contributed by atoms with E-state index in [-0.39, 0.29) is 30.8 Å². The summed E-state index contributed by atoms with van der Waals surface area (Å²) in [6, 6.07) is 0.119. The average Bonchev–Trinajstić information content (AvgIpc) is 2.21. The molecule has 1 atom stereocenters. The van der Waals surface area contributed by atoms with Gasteiger partial charge in [0.2, 0.25) is 5.91 Å². The molecule has 0 aliphatic carbocycles. The highest BCUT2D eigenvalue weighted by atomic mass is 16.6. The molecule has 0 aromatic heterocycles. The van der Waals surface area contributed by atoms with Gasteiger partial charge >= 0.3 is 5.97 Å². The standard InChI is InChI=1S/C14H28N2O3/c1-11(9-10-16(5)6)15-12(17)7-8-13(18)19-14(2,3)4/h11H,7-10H2,1-6H3,(H,15,17). The molecule has 1 unspecified atom stereocenters. The highest BCUT2D eigenvalue weighted by Gasteiger charge is 2.17. The van der Waals surface area contributed by atoms with Crippen molar-refractivity contribution in [3.05, 3.63) is 0 Å². The monoisotopic (exact) mass is 272 g/mol. The highest BCUT2D eigenvalue weighted by molar-refractivity contribution is 5.81. The summed E-state index contributed by atoms with van der Waals surface area (Å²) in [5, 5.41) is 2.88. The van der Waals surface area contributed by atoms with Gasteiger partial charge in [-0.25, -0.2) is 0 Å². The summed E-state index contributed by atoms with van der Waals surface area (Å²) < 4.78 is 5.15. The average molecular weight is 272 g/mol. The van der Waals surface area contributed by atoms with Crippen molar-refractivity contribution < 1.29 is 14.3 Å². The number of esters is 1. The zero-order chi connectivity index (χ0) is 15.1. The van der Waals surface area contributed by atoms with Crippen LogP contribution in [0.25, 0.3) is 0 Å². The van der Waals surface area contributed by atoms with Crippen LogP contribution in [0.2, 0.25) is 0 Å². The fourth-order valence-corrected chi connectivity index (χ4v) is 1.48. The summed E-state index contributed by atoms with van der Waals surface area (Å²) in [5.41, 5.74) is -0.493. The van der Waals surface area contributed by atoms with Gasteiger partial charge in [0.1, 0.15) is 5.60 Å². The van der Waals surface area contributed by atoms with Gasteiger partial charge in [0.15, 0.2) is 0 Å². The van der Waals surface area contributed by atoms with E-state index in [4.69, 9.17) is 4.74 Å². The maximum Gasteiger partial charge on any atom is 0.306 e. The van der Waals surface area contributed by atoms with Gasteiger partial charge in [-0.1, -0.05) is 0 Å². The third kappa shape index (κ3) is 11.7. The topological polar surface area (TPSA) is 58.6 Å². The number of hydrogen-bond acceptors (Lipinski definition) is 4. The van der Waals surface area contributed by atoms with Crippen LogP contribution in [0.4, 0.5) is 0 Å². The molecule has 0 aliphatic rings. The Morgan fingerprint density at radius 1 is 1.21 bits per heavy atom. The third-order valence-electron chi connectivity index (χ3n) is 2.39. The van der Waals surface area contributed by atoms with Crippen LogP contribution in [0.1, 0.15) is 47.0 Å². The Kier molecular flexibility index (Phi) is 7.68. The minimum Gasteiger partial charge on any atom is -0.460 e. The van der Waals surface area contributed by atoms with Gasteiger partial charge in [-0.15, -0.1) is 0 Å². The van der Waals surface area contributed by atoms with Gasteiger partial charge in [0.05, 0.1) is 6.42 Å². The molecule has 5 heteroatoms. The van der Waals surface area contributed by atoms with Gasteiger partial charge < -0.3 is 15.0 Å². The van der Waals surface area contributed by atoms with Crippen molar-refractivity contribution in [2.24, 2.45) is 0 Å². The Morgan fingerprint density at radius 3 is 2.26 bits per heavy atom. The molecule has 1 amide bonds. The molecule has 0 fully saturated rings. The van der Waals surface area contributed by atoms with E-state index in [9.17, 15) is 9.59 Å². The van der Waals surface area contributed by atoms with E-state index in [1.807, 2.05) is 41.8 Å². The molecule has 0 aromatic carbocycles. The molecule has 0 aromatic rings. The van der Waals surface area contributed by atoms with Gasteiger partial charge in [-0.2, -0.15) is 0 Å². The van der Waals surface area contributed by atoms with Crippen LogP contribution in [0.15, 0.2) is 0 Å². The third-order valence-corrected chi connectivity index (χ3v) is 2.39. The minimum absolute atomic E-state index is 0.0999. The second-order valence-corrected chi connectivity index (χ2v) is 6.15. The molecule has 0 aliphatic heterocycles. The van der Waals surface area contributed by atoms with Crippen molar-refractivity contribution in [1.82, 2.24) is 10.2 Å². The minimum atomic E-state index is -0.493. The van der Waals surface area contributed by atoms with Crippen LogP contribution in [-0.4, -0.2) is 49.1 Å². The second-order valence-electron chi connectivity index (χ2n) is 6.15. The Bertz CT molecular complexity index is 296. The zero-order valence-electron chi connectivity index (χ0n) is 13.1. The molecule has 0 spiro atoms. The number of hydrogen-bond donors (Lipinski definition) is 1. The first-order chi connectivity index (χ1) is 8.60. The number of amides is 1. The Morgan fingerprint density at radius 2 is 1.79 bits per heavy atom. The van der Waals surface area contributed by atoms with Gasteiger partial charge in [-0.05, 0) is 54.8 Å². The van der Waals surface area contributed by atoms with E-state index < -0.39 is 5.60 Å². The van der Waals surface area contributed by atoms with Crippen LogP contribution >= 0.6 is 0 Å². The van der Waals surface area contributed by atoms with Crippen molar-refractivity contribution in [2.45, 2.75) is 58.6 Å². The first-order valence-electron chi connectivity index (χ1n) is 6.76. The molecule has 0 saturated carbocycles. The van der Waals surface area contributed by atoms with E-state index in [0.717, 1.165) is 13.0 Å². The number of rotatable bonds is 7. The van der Waals surface area contributed by atoms with Gasteiger partial charge in [-0.3, -0.25) is 9.59 Å². The number of nitrogens with zero attached hydrogens (tertiary/aromatic N) is 1.